The Morgan fingerprint density at radius 2 is 1.71 bits per heavy atom. The monoisotopic (exact) mass is 303 g/mol. The molecule has 0 radical (unpaired) electrons. The molecule has 2 aromatic rings. The summed E-state index contributed by atoms with van der Waals surface area (Å²) in [7, 11) is 0. The first-order valence-corrected chi connectivity index (χ1v) is 7.46. The number of benzene rings is 1. The van der Waals surface area contributed by atoms with E-state index in [1.165, 1.54) is 0 Å². The number of anilines is 2. The fraction of sp³-hybridized carbons (Fsp3) is 0.312. The standard InChI is InChI=1S/C16H18ClN3O/c17-14-3-1-2-4-15(14)19-7-9-20(10-8-19)16-6-5-13(12-21)11-18-16/h1-6,11,21H,7-10,12H2. The molecule has 1 aliphatic heterocycles. The van der Waals surface area contributed by atoms with Crippen LogP contribution in [0.15, 0.2) is 42.6 Å². The SMILES string of the molecule is OCc1ccc(N2CCN(c3ccccc3Cl)CC2)nc1. The van der Waals surface area contributed by atoms with E-state index in [1.807, 2.05) is 30.3 Å². The zero-order valence-electron chi connectivity index (χ0n) is 11.7. The number of aromatic nitrogens is 1. The van der Waals surface area contributed by atoms with Gasteiger partial charge in [0, 0.05) is 32.4 Å². The Morgan fingerprint density at radius 3 is 2.33 bits per heavy atom. The molecule has 0 unspecified atom stereocenters. The minimum absolute atomic E-state index is 0.0353. The molecule has 0 atom stereocenters. The Hall–Kier alpha value is -1.78. The van der Waals surface area contributed by atoms with Gasteiger partial charge in [0.15, 0.2) is 0 Å². The molecule has 0 aliphatic carbocycles. The van der Waals surface area contributed by atoms with Gasteiger partial charge in [-0.15, -0.1) is 0 Å². The molecule has 0 saturated carbocycles. The van der Waals surface area contributed by atoms with E-state index in [0.717, 1.165) is 48.3 Å². The molecular formula is C16H18ClN3O. The summed E-state index contributed by atoms with van der Waals surface area (Å²) in [5.74, 6) is 0.964. The number of aliphatic hydroxyl groups excluding tert-OH is 1. The van der Waals surface area contributed by atoms with Crippen molar-refractivity contribution in [1.82, 2.24) is 4.98 Å². The van der Waals surface area contributed by atoms with Crippen LogP contribution in [0.3, 0.4) is 0 Å². The number of halogens is 1. The summed E-state index contributed by atoms with van der Waals surface area (Å²) in [4.78, 5) is 8.97. The lowest BCUT2D eigenvalue weighted by Crippen LogP contribution is -2.46. The van der Waals surface area contributed by atoms with Gasteiger partial charge in [0.2, 0.25) is 0 Å². The van der Waals surface area contributed by atoms with Gasteiger partial charge in [-0.05, 0) is 23.8 Å². The molecule has 0 bridgehead atoms. The van der Waals surface area contributed by atoms with Crippen LogP contribution >= 0.6 is 11.6 Å². The van der Waals surface area contributed by atoms with Crippen LogP contribution in [-0.4, -0.2) is 36.3 Å². The third kappa shape index (κ3) is 3.12. The van der Waals surface area contributed by atoms with Crippen molar-refractivity contribution in [2.45, 2.75) is 6.61 Å². The minimum atomic E-state index is 0.0353. The molecule has 1 aromatic carbocycles. The van der Waals surface area contributed by atoms with Crippen LogP contribution in [0.5, 0.6) is 0 Å². The van der Waals surface area contributed by atoms with Gasteiger partial charge in [-0.25, -0.2) is 4.98 Å². The molecule has 1 fully saturated rings. The van der Waals surface area contributed by atoms with Crippen molar-refractivity contribution in [3.05, 3.63) is 53.2 Å². The predicted octanol–water partition coefficient (Wildman–Crippen LogP) is 2.55. The molecule has 1 saturated heterocycles. The summed E-state index contributed by atoms with van der Waals surface area (Å²) in [5, 5.41) is 9.86. The fourth-order valence-electron chi connectivity index (χ4n) is 2.58. The Kier molecular flexibility index (Phi) is 4.27. The van der Waals surface area contributed by atoms with Gasteiger partial charge in [0.1, 0.15) is 5.82 Å². The average molecular weight is 304 g/mol. The fourth-order valence-corrected chi connectivity index (χ4v) is 2.84. The number of hydrogen-bond acceptors (Lipinski definition) is 4. The molecule has 1 aliphatic rings. The summed E-state index contributed by atoms with van der Waals surface area (Å²) in [6.07, 6.45) is 1.73. The second-order valence-corrected chi connectivity index (χ2v) is 5.52. The third-order valence-electron chi connectivity index (χ3n) is 3.79. The first-order valence-electron chi connectivity index (χ1n) is 7.08. The molecule has 110 valence electrons. The quantitative estimate of drug-likeness (QED) is 0.946. The Morgan fingerprint density at radius 1 is 1.00 bits per heavy atom. The van der Waals surface area contributed by atoms with Crippen LogP contribution in [0.25, 0.3) is 0 Å². The molecule has 1 aromatic heterocycles. The maximum absolute atomic E-state index is 9.05. The lowest BCUT2D eigenvalue weighted by molar-refractivity contribution is 0.281. The number of pyridine rings is 1. The molecule has 4 nitrogen and oxygen atoms in total. The molecular weight excluding hydrogens is 286 g/mol. The molecule has 3 rings (SSSR count). The second-order valence-electron chi connectivity index (χ2n) is 5.11. The largest absolute Gasteiger partial charge is 0.392 e. The highest BCUT2D eigenvalue weighted by atomic mass is 35.5. The highest BCUT2D eigenvalue weighted by molar-refractivity contribution is 6.33. The van der Waals surface area contributed by atoms with Gasteiger partial charge in [-0.1, -0.05) is 29.8 Å². The van der Waals surface area contributed by atoms with Crippen molar-refractivity contribution in [2.75, 3.05) is 36.0 Å². The van der Waals surface area contributed by atoms with Gasteiger partial charge in [0.25, 0.3) is 0 Å². The van der Waals surface area contributed by atoms with Crippen molar-refractivity contribution in [3.63, 3.8) is 0 Å². The Labute approximate surface area is 129 Å². The van der Waals surface area contributed by atoms with E-state index in [9.17, 15) is 0 Å². The van der Waals surface area contributed by atoms with E-state index in [2.05, 4.69) is 20.9 Å². The first-order chi connectivity index (χ1) is 10.3. The van der Waals surface area contributed by atoms with E-state index in [1.54, 1.807) is 6.20 Å². The van der Waals surface area contributed by atoms with E-state index in [4.69, 9.17) is 16.7 Å². The van der Waals surface area contributed by atoms with Crippen LogP contribution in [-0.2, 0) is 6.61 Å². The van der Waals surface area contributed by atoms with Crippen LogP contribution < -0.4 is 9.80 Å². The van der Waals surface area contributed by atoms with E-state index in [-0.39, 0.29) is 6.61 Å². The molecule has 0 amide bonds. The first kappa shape index (κ1) is 14.2. The third-order valence-corrected chi connectivity index (χ3v) is 4.11. The number of aliphatic hydroxyl groups is 1. The molecule has 5 heteroatoms. The van der Waals surface area contributed by atoms with Crippen molar-refractivity contribution < 1.29 is 5.11 Å². The topological polar surface area (TPSA) is 39.6 Å². The molecule has 2 heterocycles. The van der Waals surface area contributed by atoms with Crippen LogP contribution in [0.4, 0.5) is 11.5 Å². The highest BCUT2D eigenvalue weighted by Crippen LogP contribution is 2.26. The zero-order chi connectivity index (χ0) is 14.7. The van der Waals surface area contributed by atoms with Crippen molar-refractivity contribution in [3.8, 4) is 0 Å². The molecule has 0 spiro atoms. The van der Waals surface area contributed by atoms with E-state index >= 15 is 0 Å². The summed E-state index contributed by atoms with van der Waals surface area (Å²) in [6, 6.07) is 11.8. The smallest absolute Gasteiger partial charge is 0.128 e. The van der Waals surface area contributed by atoms with Crippen LogP contribution in [0.1, 0.15) is 5.56 Å². The maximum Gasteiger partial charge on any atom is 0.128 e. The lowest BCUT2D eigenvalue weighted by atomic mass is 10.2. The molecule has 1 N–H and O–H groups in total. The maximum atomic E-state index is 9.05. The summed E-state index contributed by atoms with van der Waals surface area (Å²) >= 11 is 6.25. The summed E-state index contributed by atoms with van der Waals surface area (Å²) in [6.45, 7) is 3.71. The number of hydrogen-bond donors (Lipinski definition) is 1. The van der Waals surface area contributed by atoms with Crippen molar-refractivity contribution >= 4 is 23.1 Å². The lowest BCUT2D eigenvalue weighted by Gasteiger charge is -2.37. The number of piperazine rings is 1. The van der Waals surface area contributed by atoms with Gasteiger partial charge in [0.05, 0.1) is 17.3 Å². The number of para-hydroxylation sites is 1. The second kappa shape index (κ2) is 6.33. The van der Waals surface area contributed by atoms with E-state index in [0.29, 0.717) is 0 Å². The predicted molar refractivity (Wildman–Crippen MR) is 86.0 cm³/mol. The van der Waals surface area contributed by atoms with Crippen LogP contribution in [0.2, 0.25) is 5.02 Å². The summed E-state index contributed by atoms with van der Waals surface area (Å²) in [5.41, 5.74) is 1.94. The zero-order valence-corrected chi connectivity index (χ0v) is 12.5. The van der Waals surface area contributed by atoms with Crippen molar-refractivity contribution in [1.29, 1.82) is 0 Å². The van der Waals surface area contributed by atoms with Gasteiger partial charge in [-0.3, -0.25) is 0 Å². The number of rotatable bonds is 3. The molecule has 21 heavy (non-hydrogen) atoms. The van der Waals surface area contributed by atoms with Gasteiger partial charge in [-0.2, -0.15) is 0 Å². The summed E-state index contributed by atoms with van der Waals surface area (Å²) < 4.78 is 0. The normalized spacial score (nSPS) is 15.3. The average Bonchev–Trinajstić information content (AvgIpc) is 2.56. The van der Waals surface area contributed by atoms with Crippen LogP contribution in [0, 0.1) is 0 Å². The van der Waals surface area contributed by atoms with Gasteiger partial charge >= 0.3 is 0 Å². The van der Waals surface area contributed by atoms with Crippen molar-refractivity contribution in [2.24, 2.45) is 0 Å². The minimum Gasteiger partial charge on any atom is -0.392 e. The van der Waals surface area contributed by atoms with E-state index < -0.39 is 0 Å². The highest BCUT2D eigenvalue weighted by Gasteiger charge is 2.19. The Balaban J connectivity index is 1.66. The Bertz CT molecular complexity index is 595. The number of nitrogens with zero attached hydrogens (tertiary/aromatic N) is 3. The van der Waals surface area contributed by atoms with Gasteiger partial charge < -0.3 is 14.9 Å².